The number of anilines is 1. The average molecular weight is 328 g/mol. The predicted octanol–water partition coefficient (Wildman–Crippen LogP) is 2.04. The minimum Gasteiger partial charge on any atom is -0.477 e. The highest BCUT2D eigenvalue weighted by Gasteiger charge is 2.20. The van der Waals surface area contributed by atoms with Gasteiger partial charge in [0.05, 0.1) is 11.5 Å². The van der Waals surface area contributed by atoms with Gasteiger partial charge in [0.1, 0.15) is 10.6 Å². The lowest BCUT2D eigenvalue weighted by atomic mass is 10.4. The Labute approximate surface area is 125 Å². The largest absolute Gasteiger partial charge is 0.477 e. The van der Waals surface area contributed by atoms with Crippen molar-refractivity contribution in [3.63, 3.8) is 0 Å². The quantitative estimate of drug-likeness (QED) is 0.840. The molecule has 0 saturated heterocycles. The van der Waals surface area contributed by atoms with Crippen molar-refractivity contribution in [1.82, 2.24) is 4.98 Å². The summed E-state index contributed by atoms with van der Waals surface area (Å²) in [6.45, 7) is 2.10. The Morgan fingerprint density at radius 1 is 1.52 bits per heavy atom. The smallest absolute Gasteiger partial charge is 0.345 e. The molecule has 0 unspecified atom stereocenters. The molecular formula is C12H12N2O5S2. The van der Waals surface area contributed by atoms with Gasteiger partial charge in [-0.1, -0.05) is 0 Å². The maximum atomic E-state index is 12.2. The molecule has 0 atom stereocenters. The molecule has 7 nitrogen and oxygen atoms in total. The van der Waals surface area contributed by atoms with Gasteiger partial charge >= 0.3 is 5.97 Å². The Hall–Kier alpha value is -2.13. The van der Waals surface area contributed by atoms with Gasteiger partial charge in [-0.25, -0.2) is 18.2 Å². The Morgan fingerprint density at radius 3 is 2.90 bits per heavy atom. The Morgan fingerprint density at radius 2 is 2.29 bits per heavy atom. The van der Waals surface area contributed by atoms with Crippen LogP contribution < -0.4 is 9.46 Å². The van der Waals surface area contributed by atoms with Crippen LogP contribution in [0.3, 0.4) is 0 Å². The van der Waals surface area contributed by atoms with Crippen LogP contribution in [-0.4, -0.2) is 31.1 Å². The van der Waals surface area contributed by atoms with Crippen molar-refractivity contribution >= 4 is 33.0 Å². The van der Waals surface area contributed by atoms with E-state index in [0.717, 1.165) is 17.4 Å². The standard InChI is InChI=1S/C12H12N2O5S2/c1-2-19-11-9(4-3-5-13-11)14-21(17,18)8-6-10(12(15)16)20-7-8/h3-7,14H,2H2,1H3,(H,15,16). The van der Waals surface area contributed by atoms with Crippen molar-refractivity contribution in [2.75, 3.05) is 11.3 Å². The number of thiophene rings is 1. The Bertz CT molecular complexity index is 755. The molecule has 0 fully saturated rings. The third-order valence-electron chi connectivity index (χ3n) is 2.39. The van der Waals surface area contributed by atoms with Gasteiger partial charge in [-0.2, -0.15) is 0 Å². The number of aromatic nitrogens is 1. The molecular weight excluding hydrogens is 316 g/mol. The number of hydrogen-bond acceptors (Lipinski definition) is 6. The fourth-order valence-corrected chi connectivity index (χ4v) is 3.66. The molecule has 2 rings (SSSR count). The number of pyridine rings is 1. The molecule has 2 heterocycles. The second-order valence-electron chi connectivity index (χ2n) is 3.85. The van der Waals surface area contributed by atoms with Gasteiger partial charge in [-0.05, 0) is 25.1 Å². The molecule has 2 N–H and O–H groups in total. The van der Waals surface area contributed by atoms with Gasteiger partial charge in [0, 0.05) is 11.6 Å². The fraction of sp³-hybridized carbons (Fsp3) is 0.167. The third-order valence-corrected chi connectivity index (χ3v) is 4.81. The summed E-state index contributed by atoms with van der Waals surface area (Å²) < 4.78 is 32.0. The van der Waals surface area contributed by atoms with E-state index in [9.17, 15) is 13.2 Å². The normalized spacial score (nSPS) is 11.1. The third kappa shape index (κ3) is 3.50. The molecule has 0 aliphatic heterocycles. The van der Waals surface area contributed by atoms with Crippen LogP contribution in [0.5, 0.6) is 5.88 Å². The van der Waals surface area contributed by atoms with Gasteiger partial charge in [-0.15, -0.1) is 11.3 Å². The minimum atomic E-state index is -3.89. The lowest BCUT2D eigenvalue weighted by Gasteiger charge is -2.10. The summed E-state index contributed by atoms with van der Waals surface area (Å²) in [5, 5.41) is 10.1. The van der Waals surface area contributed by atoms with E-state index in [1.165, 1.54) is 17.6 Å². The van der Waals surface area contributed by atoms with E-state index in [2.05, 4.69) is 9.71 Å². The van der Waals surface area contributed by atoms with Crippen molar-refractivity contribution in [3.05, 3.63) is 34.7 Å². The zero-order valence-corrected chi connectivity index (χ0v) is 12.6. The summed E-state index contributed by atoms with van der Waals surface area (Å²) in [5.41, 5.74) is 0.197. The lowest BCUT2D eigenvalue weighted by Crippen LogP contribution is -2.13. The minimum absolute atomic E-state index is 0.0495. The van der Waals surface area contributed by atoms with Crippen molar-refractivity contribution in [3.8, 4) is 5.88 Å². The molecule has 2 aromatic rings. The first-order valence-corrected chi connectivity index (χ1v) is 8.23. The van der Waals surface area contributed by atoms with Crippen LogP contribution in [0.25, 0.3) is 0 Å². The average Bonchev–Trinajstić information content (AvgIpc) is 2.92. The summed E-state index contributed by atoms with van der Waals surface area (Å²) >= 11 is 0.844. The first-order valence-electron chi connectivity index (χ1n) is 5.86. The predicted molar refractivity (Wildman–Crippen MR) is 77.5 cm³/mol. The van der Waals surface area contributed by atoms with E-state index in [4.69, 9.17) is 9.84 Å². The van der Waals surface area contributed by atoms with Crippen LogP contribution in [0.15, 0.2) is 34.7 Å². The van der Waals surface area contributed by atoms with Crippen molar-refractivity contribution in [2.45, 2.75) is 11.8 Å². The highest BCUT2D eigenvalue weighted by atomic mass is 32.2. The van der Waals surface area contributed by atoms with E-state index >= 15 is 0 Å². The van der Waals surface area contributed by atoms with Crippen LogP contribution in [0.2, 0.25) is 0 Å². The molecule has 0 amide bonds. The molecule has 0 bridgehead atoms. The second kappa shape index (κ2) is 6.10. The number of ether oxygens (including phenoxy) is 1. The fourth-order valence-electron chi connectivity index (χ4n) is 1.50. The van der Waals surface area contributed by atoms with Crippen LogP contribution in [0.1, 0.15) is 16.6 Å². The topological polar surface area (TPSA) is 106 Å². The number of nitrogens with zero attached hydrogens (tertiary/aromatic N) is 1. The summed E-state index contributed by atoms with van der Waals surface area (Å²) in [4.78, 5) is 14.6. The lowest BCUT2D eigenvalue weighted by molar-refractivity contribution is 0.0702. The first kappa shape index (κ1) is 15.3. The Kier molecular flexibility index (Phi) is 4.43. The molecule has 0 aliphatic rings. The molecule has 21 heavy (non-hydrogen) atoms. The number of carboxylic acids is 1. The zero-order chi connectivity index (χ0) is 15.5. The molecule has 112 valence electrons. The maximum Gasteiger partial charge on any atom is 0.345 e. The van der Waals surface area contributed by atoms with Crippen LogP contribution in [-0.2, 0) is 10.0 Å². The van der Waals surface area contributed by atoms with Gasteiger partial charge in [-0.3, -0.25) is 4.72 Å². The van der Waals surface area contributed by atoms with E-state index in [1.54, 1.807) is 13.0 Å². The van der Waals surface area contributed by atoms with Crippen LogP contribution in [0.4, 0.5) is 5.69 Å². The highest BCUT2D eigenvalue weighted by Crippen LogP contribution is 2.26. The summed E-state index contributed by atoms with van der Waals surface area (Å²) in [6.07, 6.45) is 1.48. The molecule has 0 saturated carbocycles. The molecule has 0 radical (unpaired) electrons. The second-order valence-corrected chi connectivity index (χ2v) is 6.44. The molecule has 9 heteroatoms. The van der Waals surface area contributed by atoms with Gasteiger partial charge in [0.25, 0.3) is 10.0 Å². The highest BCUT2D eigenvalue weighted by molar-refractivity contribution is 7.92. The van der Waals surface area contributed by atoms with E-state index in [-0.39, 0.29) is 21.3 Å². The van der Waals surface area contributed by atoms with Gasteiger partial charge in [0.2, 0.25) is 5.88 Å². The van der Waals surface area contributed by atoms with Crippen LogP contribution >= 0.6 is 11.3 Å². The monoisotopic (exact) mass is 328 g/mol. The molecule has 2 aromatic heterocycles. The zero-order valence-electron chi connectivity index (χ0n) is 10.9. The van der Waals surface area contributed by atoms with Crippen molar-refractivity contribution in [2.24, 2.45) is 0 Å². The summed E-state index contributed by atoms with van der Waals surface area (Å²) in [7, 11) is -3.89. The summed E-state index contributed by atoms with van der Waals surface area (Å²) in [5.74, 6) is -1.00. The Balaban J connectivity index is 2.30. The molecule has 0 spiro atoms. The van der Waals surface area contributed by atoms with Gasteiger partial charge in [0.15, 0.2) is 0 Å². The van der Waals surface area contributed by atoms with E-state index in [0.29, 0.717) is 6.61 Å². The molecule has 0 aliphatic carbocycles. The van der Waals surface area contributed by atoms with Crippen molar-refractivity contribution < 1.29 is 23.1 Å². The number of nitrogens with one attached hydrogen (secondary N) is 1. The number of carboxylic acid groups (broad SMARTS) is 1. The van der Waals surface area contributed by atoms with Crippen molar-refractivity contribution in [1.29, 1.82) is 0 Å². The SMILES string of the molecule is CCOc1ncccc1NS(=O)(=O)c1csc(C(=O)O)c1. The van der Waals surface area contributed by atoms with Gasteiger partial charge < -0.3 is 9.84 Å². The van der Waals surface area contributed by atoms with Crippen LogP contribution in [0, 0.1) is 0 Å². The molecule has 0 aromatic carbocycles. The number of sulfonamides is 1. The number of aromatic carboxylic acids is 1. The number of hydrogen-bond donors (Lipinski definition) is 2. The maximum absolute atomic E-state index is 12.2. The van der Waals surface area contributed by atoms with E-state index < -0.39 is 16.0 Å². The number of carbonyl (C=O) groups is 1. The van der Waals surface area contributed by atoms with E-state index in [1.807, 2.05) is 0 Å². The first-order chi connectivity index (χ1) is 9.94. The summed E-state index contributed by atoms with van der Waals surface area (Å²) in [6, 6.07) is 4.18. The number of rotatable bonds is 6.